The molecular formula is C18H23FN2O3. The molecule has 2 fully saturated rings. The highest BCUT2D eigenvalue weighted by atomic mass is 19.1. The Morgan fingerprint density at radius 1 is 1.25 bits per heavy atom. The molecule has 1 heterocycles. The van der Waals surface area contributed by atoms with Gasteiger partial charge in [0.1, 0.15) is 18.1 Å². The van der Waals surface area contributed by atoms with Crippen molar-refractivity contribution in [1.29, 1.82) is 0 Å². The van der Waals surface area contributed by atoms with Crippen LogP contribution in [0.4, 0.5) is 4.39 Å². The number of rotatable bonds is 4. The molecule has 1 aliphatic heterocycles. The average molecular weight is 334 g/mol. The van der Waals surface area contributed by atoms with Gasteiger partial charge in [0.05, 0.1) is 5.54 Å². The number of likely N-dealkylation sites (tertiary alicyclic amines) is 1. The maximum absolute atomic E-state index is 13.1. The number of likely N-dealkylation sites (N-methyl/N-ethyl adjacent to an activating group) is 1. The Hall–Kier alpha value is -2.11. The Balaban J connectivity index is 1.79. The summed E-state index contributed by atoms with van der Waals surface area (Å²) in [6.45, 7) is 0.0924. The molecule has 1 atom stereocenters. The van der Waals surface area contributed by atoms with E-state index in [4.69, 9.17) is 4.74 Å². The molecule has 3 rings (SSSR count). The SMILES string of the molecule is CN(C)C(=O)CN1C(=O)C(Oc2ccc(F)cc2)C12CCCCC2. The Labute approximate surface area is 141 Å². The molecule has 0 bridgehead atoms. The Morgan fingerprint density at radius 3 is 2.46 bits per heavy atom. The van der Waals surface area contributed by atoms with E-state index < -0.39 is 11.6 Å². The van der Waals surface area contributed by atoms with Crippen molar-refractivity contribution in [1.82, 2.24) is 9.80 Å². The van der Waals surface area contributed by atoms with Crippen LogP contribution in [0.2, 0.25) is 0 Å². The fourth-order valence-electron chi connectivity index (χ4n) is 3.68. The van der Waals surface area contributed by atoms with Crippen LogP contribution in [-0.2, 0) is 9.59 Å². The highest BCUT2D eigenvalue weighted by Crippen LogP contribution is 2.45. The van der Waals surface area contributed by atoms with Crippen molar-refractivity contribution in [2.45, 2.75) is 43.7 Å². The van der Waals surface area contributed by atoms with Crippen molar-refractivity contribution in [2.75, 3.05) is 20.6 Å². The van der Waals surface area contributed by atoms with Gasteiger partial charge in [-0.3, -0.25) is 9.59 Å². The number of halogens is 1. The minimum absolute atomic E-state index is 0.0893. The zero-order valence-corrected chi connectivity index (χ0v) is 14.1. The molecule has 5 nitrogen and oxygen atoms in total. The quantitative estimate of drug-likeness (QED) is 0.793. The third-order valence-corrected chi connectivity index (χ3v) is 5.10. The second-order valence-electron chi connectivity index (χ2n) is 6.83. The van der Waals surface area contributed by atoms with Crippen molar-refractivity contribution < 1.29 is 18.7 Å². The van der Waals surface area contributed by atoms with Gasteiger partial charge in [-0.1, -0.05) is 19.3 Å². The Kier molecular flexibility index (Phi) is 4.47. The van der Waals surface area contributed by atoms with Crippen LogP contribution in [0.15, 0.2) is 24.3 Å². The van der Waals surface area contributed by atoms with Crippen LogP contribution in [-0.4, -0.2) is 53.9 Å². The van der Waals surface area contributed by atoms with Gasteiger partial charge in [0, 0.05) is 14.1 Å². The Morgan fingerprint density at radius 2 is 1.88 bits per heavy atom. The normalized spacial score (nSPS) is 22.2. The topological polar surface area (TPSA) is 49.9 Å². The van der Waals surface area contributed by atoms with Crippen LogP contribution in [0.5, 0.6) is 5.75 Å². The van der Waals surface area contributed by atoms with E-state index in [9.17, 15) is 14.0 Å². The molecule has 2 amide bonds. The largest absolute Gasteiger partial charge is 0.478 e. The molecule has 0 N–H and O–H groups in total. The van der Waals surface area contributed by atoms with E-state index in [0.717, 1.165) is 32.1 Å². The molecule has 0 aromatic heterocycles. The van der Waals surface area contributed by atoms with Crippen LogP contribution in [0, 0.1) is 5.82 Å². The highest BCUT2D eigenvalue weighted by molar-refractivity contribution is 5.94. The molecule has 130 valence electrons. The van der Waals surface area contributed by atoms with Gasteiger partial charge in [-0.05, 0) is 37.1 Å². The molecule has 24 heavy (non-hydrogen) atoms. The van der Waals surface area contributed by atoms with Crippen molar-refractivity contribution in [3.8, 4) is 5.75 Å². The van der Waals surface area contributed by atoms with E-state index in [-0.39, 0.29) is 24.2 Å². The van der Waals surface area contributed by atoms with Gasteiger partial charge in [0.2, 0.25) is 5.91 Å². The minimum atomic E-state index is -0.585. The van der Waals surface area contributed by atoms with Crippen LogP contribution < -0.4 is 4.74 Å². The van der Waals surface area contributed by atoms with Crippen LogP contribution >= 0.6 is 0 Å². The fraction of sp³-hybridized carbons (Fsp3) is 0.556. The van der Waals surface area contributed by atoms with Gasteiger partial charge in [0.25, 0.3) is 5.91 Å². The molecule has 2 aliphatic rings. The standard InChI is InChI=1S/C18H23FN2O3/c1-20(2)15(22)12-21-17(23)16(18(21)10-4-3-5-11-18)24-14-8-6-13(19)7-9-14/h6-9,16H,3-5,10-12H2,1-2H3. The van der Waals surface area contributed by atoms with E-state index in [1.54, 1.807) is 19.0 Å². The summed E-state index contributed by atoms with van der Waals surface area (Å²) in [6, 6.07) is 5.71. The molecule has 1 aromatic carbocycles. The number of amides is 2. The smallest absolute Gasteiger partial charge is 0.267 e. The lowest BCUT2D eigenvalue weighted by Crippen LogP contribution is -2.77. The summed E-state index contributed by atoms with van der Waals surface area (Å²) in [5.41, 5.74) is -0.407. The van der Waals surface area contributed by atoms with Crippen molar-refractivity contribution in [3.05, 3.63) is 30.1 Å². The van der Waals surface area contributed by atoms with Crippen LogP contribution in [0.3, 0.4) is 0 Å². The van der Waals surface area contributed by atoms with Crippen LogP contribution in [0.25, 0.3) is 0 Å². The van der Waals surface area contributed by atoms with E-state index in [2.05, 4.69) is 0 Å². The van der Waals surface area contributed by atoms with Gasteiger partial charge in [0.15, 0.2) is 6.10 Å². The van der Waals surface area contributed by atoms with Crippen molar-refractivity contribution in [2.24, 2.45) is 0 Å². The molecule has 1 unspecified atom stereocenters. The lowest BCUT2D eigenvalue weighted by molar-refractivity contribution is -0.188. The van der Waals surface area contributed by atoms with Gasteiger partial charge >= 0.3 is 0 Å². The lowest BCUT2D eigenvalue weighted by Gasteiger charge is -2.58. The fourth-order valence-corrected chi connectivity index (χ4v) is 3.68. The summed E-state index contributed by atoms with van der Waals surface area (Å²) in [6.07, 6.45) is 4.26. The first-order chi connectivity index (χ1) is 11.4. The summed E-state index contributed by atoms with van der Waals surface area (Å²) in [7, 11) is 3.37. The summed E-state index contributed by atoms with van der Waals surface area (Å²) < 4.78 is 19.0. The van der Waals surface area contributed by atoms with E-state index in [1.165, 1.54) is 29.2 Å². The predicted octanol–water partition coefficient (Wildman–Crippen LogP) is 2.21. The molecule has 1 aromatic rings. The van der Waals surface area contributed by atoms with Crippen molar-refractivity contribution >= 4 is 11.8 Å². The van der Waals surface area contributed by atoms with E-state index in [1.807, 2.05) is 0 Å². The molecule has 1 spiro atoms. The number of carbonyl (C=O) groups is 2. The molecule has 1 saturated heterocycles. The van der Waals surface area contributed by atoms with Gasteiger partial charge in [-0.25, -0.2) is 4.39 Å². The summed E-state index contributed by atoms with van der Waals surface area (Å²) >= 11 is 0. The average Bonchev–Trinajstić information content (AvgIpc) is 2.59. The number of ether oxygens (including phenoxy) is 1. The molecule has 1 aliphatic carbocycles. The number of β-lactam (4-membered cyclic amide) rings is 1. The number of benzene rings is 1. The summed E-state index contributed by atoms with van der Waals surface area (Å²) in [5, 5.41) is 0. The van der Waals surface area contributed by atoms with Gasteiger partial charge in [-0.2, -0.15) is 0 Å². The van der Waals surface area contributed by atoms with E-state index in [0.29, 0.717) is 5.75 Å². The van der Waals surface area contributed by atoms with Gasteiger partial charge in [-0.15, -0.1) is 0 Å². The molecule has 6 heteroatoms. The molecule has 1 saturated carbocycles. The predicted molar refractivity (Wildman–Crippen MR) is 87.0 cm³/mol. The number of carbonyl (C=O) groups excluding carboxylic acids is 2. The second-order valence-corrected chi connectivity index (χ2v) is 6.83. The zero-order valence-electron chi connectivity index (χ0n) is 14.1. The van der Waals surface area contributed by atoms with E-state index >= 15 is 0 Å². The maximum Gasteiger partial charge on any atom is 0.267 e. The van der Waals surface area contributed by atoms with Crippen LogP contribution in [0.1, 0.15) is 32.1 Å². The molecule has 0 radical (unpaired) electrons. The maximum atomic E-state index is 13.1. The van der Waals surface area contributed by atoms with Gasteiger partial charge < -0.3 is 14.5 Å². The lowest BCUT2D eigenvalue weighted by atomic mass is 9.70. The first-order valence-electron chi connectivity index (χ1n) is 8.38. The minimum Gasteiger partial charge on any atom is -0.478 e. The summed E-state index contributed by atoms with van der Waals surface area (Å²) in [4.78, 5) is 27.9. The highest BCUT2D eigenvalue weighted by Gasteiger charge is 2.62. The first-order valence-corrected chi connectivity index (χ1v) is 8.38. The Bertz CT molecular complexity index is 624. The molecular weight excluding hydrogens is 311 g/mol. The monoisotopic (exact) mass is 334 g/mol. The summed E-state index contributed by atoms with van der Waals surface area (Å²) in [5.74, 6) is -0.101. The number of hydrogen-bond acceptors (Lipinski definition) is 3. The third-order valence-electron chi connectivity index (χ3n) is 5.10. The zero-order chi connectivity index (χ0) is 17.3. The third kappa shape index (κ3) is 2.85. The number of hydrogen-bond donors (Lipinski definition) is 0. The number of nitrogens with zero attached hydrogens (tertiary/aromatic N) is 2. The van der Waals surface area contributed by atoms with Crippen molar-refractivity contribution in [3.63, 3.8) is 0 Å². The first kappa shape index (κ1) is 16.7. The second kappa shape index (κ2) is 6.42.